The first kappa shape index (κ1) is 16.5. The molecule has 126 valence electrons. The van der Waals surface area contributed by atoms with E-state index in [1.165, 1.54) is 12.1 Å². The van der Waals surface area contributed by atoms with Gasteiger partial charge in [-0.2, -0.15) is 0 Å². The molecular weight excluding hydrogens is 326 g/mol. The molecule has 0 aliphatic carbocycles. The van der Waals surface area contributed by atoms with Crippen molar-refractivity contribution in [1.82, 2.24) is 9.97 Å². The zero-order chi connectivity index (χ0) is 17.8. The standard InChI is InChI=1S/C18H14F2N4O/c1-11-21-15(18(25)23-12-6-3-2-4-7-12)10-16(22-11)24-17-13(19)8-5-9-14(17)20/h2-10H,1H3,(H,23,25)(H,21,22,24). The first-order chi connectivity index (χ1) is 12.0. The second-order valence-electron chi connectivity index (χ2n) is 5.23. The molecule has 7 heteroatoms. The minimum atomic E-state index is -0.758. The molecular formula is C18H14F2N4O. The molecule has 5 nitrogen and oxygen atoms in total. The summed E-state index contributed by atoms with van der Waals surface area (Å²) in [6.07, 6.45) is 0. The highest BCUT2D eigenvalue weighted by atomic mass is 19.1. The van der Waals surface area contributed by atoms with E-state index in [0.717, 1.165) is 12.1 Å². The summed E-state index contributed by atoms with van der Waals surface area (Å²) in [6.45, 7) is 1.59. The molecule has 1 aromatic heterocycles. The molecule has 0 spiro atoms. The van der Waals surface area contributed by atoms with E-state index < -0.39 is 17.5 Å². The molecule has 25 heavy (non-hydrogen) atoms. The Labute approximate surface area is 142 Å². The second-order valence-corrected chi connectivity index (χ2v) is 5.23. The van der Waals surface area contributed by atoms with Gasteiger partial charge >= 0.3 is 0 Å². The number of nitrogens with one attached hydrogen (secondary N) is 2. The first-order valence-electron chi connectivity index (χ1n) is 7.46. The Morgan fingerprint density at radius 1 is 0.960 bits per heavy atom. The Bertz CT molecular complexity index is 896. The highest BCUT2D eigenvalue weighted by molar-refractivity contribution is 6.03. The molecule has 2 aromatic carbocycles. The summed E-state index contributed by atoms with van der Waals surface area (Å²) in [6, 6.07) is 13.7. The minimum Gasteiger partial charge on any atom is -0.335 e. The van der Waals surface area contributed by atoms with Crippen LogP contribution < -0.4 is 10.6 Å². The number of anilines is 3. The molecule has 2 N–H and O–H groups in total. The lowest BCUT2D eigenvalue weighted by Gasteiger charge is -2.10. The fourth-order valence-electron chi connectivity index (χ4n) is 2.21. The Kier molecular flexibility index (Phi) is 4.65. The number of aromatic nitrogens is 2. The lowest BCUT2D eigenvalue weighted by atomic mass is 10.2. The molecule has 0 atom stereocenters. The number of hydrogen-bond acceptors (Lipinski definition) is 4. The van der Waals surface area contributed by atoms with Gasteiger partial charge in [0.05, 0.1) is 0 Å². The quantitative estimate of drug-likeness (QED) is 0.752. The predicted octanol–water partition coefficient (Wildman–Crippen LogP) is 4.06. The van der Waals surface area contributed by atoms with Crippen LogP contribution in [-0.2, 0) is 0 Å². The van der Waals surface area contributed by atoms with Gasteiger partial charge in [0.1, 0.15) is 34.7 Å². The molecule has 0 aliphatic rings. The molecule has 0 radical (unpaired) electrons. The zero-order valence-corrected chi connectivity index (χ0v) is 13.3. The van der Waals surface area contributed by atoms with Crippen molar-refractivity contribution in [3.05, 3.63) is 77.8 Å². The third-order valence-electron chi connectivity index (χ3n) is 3.32. The number of nitrogens with zero attached hydrogens (tertiary/aromatic N) is 2. The number of benzene rings is 2. The highest BCUT2D eigenvalue weighted by Gasteiger charge is 2.14. The van der Waals surface area contributed by atoms with Crippen molar-refractivity contribution in [2.24, 2.45) is 0 Å². The average molecular weight is 340 g/mol. The lowest BCUT2D eigenvalue weighted by Crippen LogP contribution is -2.15. The monoisotopic (exact) mass is 340 g/mol. The SMILES string of the molecule is Cc1nc(Nc2c(F)cccc2F)cc(C(=O)Nc2ccccc2)n1. The maximum Gasteiger partial charge on any atom is 0.274 e. The van der Waals surface area contributed by atoms with Crippen molar-refractivity contribution in [1.29, 1.82) is 0 Å². The number of rotatable bonds is 4. The van der Waals surface area contributed by atoms with Crippen LogP contribution in [0.25, 0.3) is 0 Å². The van der Waals surface area contributed by atoms with E-state index in [4.69, 9.17) is 0 Å². The number of aryl methyl sites for hydroxylation is 1. The van der Waals surface area contributed by atoms with Crippen LogP contribution in [0.5, 0.6) is 0 Å². The van der Waals surface area contributed by atoms with Gasteiger partial charge in [0.25, 0.3) is 5.91 Å². The van der Waals surface area contributed by atoms with E-state index in [9.17, 15) is 13.6 Å². The minimum absolute atomic E-state index is 0.0793. The van der Waals surface area contributed by atoms with Crippen LogP contribution in [0.4, 0.5) is 26.0 Å². The van der Waals surface area contributed by atoms with Crippen LogP contribution in [0.1, 0.15) is 16.3 Å². The van der Waals surface area contributed by atoms with Gasteiger partial charge in [0, 0.05) is 11.8 Å². The van der Waals surface area contributed by atoms with Gasteiger partial charge in [-0.05, 0) is 31.2 Å². The van der Waals surface area contributed by atoms with Gasteiger partial charge < -0.3 is 10.6 Å². The summed E-state index contributed by atoms with van der Waals surface area (Å²) in [5.74, 6) is -1.55. The number of halogens is 2. The van der Waals surface area contributed by atoms with Crippen LogP contribution in [0.3, 0.4) is 0 Å². The smallest absolute Gasteiger partial charge is 0.274 e. The number of para-hydroxylation sites is 2. The Morgan fingerprint density at radius 2 is 1.64 bits per heavy atom. The van der Waals surface area contributed by atoms with Gasteiger partial charge in [-0.25, -0.2) is 18.7 Å². The molecule has 0 saturated carbocycles. The molecule has 3 aromatic rings. The van der Waals surface area contributed by atoms with Gasteiger partial charge in [-0.15, -0.1) is 0 Å². The van der Waals surface area contributed by atoms with Gasteiger partial charge in [0.2, 0.25) is 0 Å². The summed E-state index contributed by atoms with van der Waals surface area (Å²) in [5, 5.41) is 5.25. The van der Waals surface area contributed by atoms with E-state index in [0.29, 0.717) is 11.5 Å². The van der Waals surface area contributed by atoms with Crippen LogP contribution in [0, 0.1) is 18.6 Å². The highest BCUT2D eigenvalue weighted by Crippen LogP contribution is 2.22. The summed E-state index contributed by atoms with van der Waals surface area (Å²) < 4.78 is 27.5. The number of hydrogen-bond donors (Lipinski definition) is 2. The van der Waals surface area contributed by atoms with E-state index in [1.54, 1.807) is 31.2 Å². The summed E-state index contributed by atoms with van der Waals surface area (Å²) in [7, 11) is 0. The fourth-order valence-corrected chi connectivity index (χ4v) is 2.21. The first-order valence-corrected chi connectivity index (χ1v) is 7.46. The van der Waals surface area contributed by atoms with Crippen molar-refractivity contribution >= 4 is 23.1 Å². The Hall–Kier alpha value is -3.35. The van der Waals surface area contributed by atoms with Crippen LogP contribution in [0.15, 0.2) is 54.6 Å². The molecule has 3 rings (SSSR count). The van der Waals surface area contributed by atoms with Gasteiger partial charge in [0.15, 0.2) is 0 Å². The van der Waals surface area contributed by atoms with E-state index in [2.05, 4.69) is 20.6 Å². The predicted molar refractivity (Wildman–Crippen MR) is 90.8 cm³/mol. The molecule has 0 saturated heterocycles. The summed E-state index contributed by atoms with van der Waals surface area (Å²) in [4.78, 5) is 20.5. The van der Waals surface area contributed by atoms with Crippen molar-refractivity contribution in [3.8, 4) is 0 Å². The number of carbonyl (C=O) groups is 1. The number of carbonyl (C=O) groups excluding carboxylic acids is 1. The van der Waals surface area contributed by atoms with Crippen molar-refractivity contribution in [2.45, 2.75) is 6.92 Å². The van der Waals surface area contributed by atoms with Crippen molar-refractivity contribution in [2.75, 3.05) is 10.6 Å². The van der Waals surface area contributed by atoms with Crippen molar-refractivity contribution in [3.63, 3.8) is 0 Å². The third kappa shape index (κ3) is 3.95. The van der Waals surface area contributed by atoms with Crippen LogP contribution >= 0.6 is 0 Å². The second kappa shape index (κ2) is 7.04. The largest absolute Gasteiger partial charge is 0.335 e. The summed E-state index contributed by atoms with van der Waals surface area (Å²) in [5.41, 5.74) is 0.351. The molecule has 0 unspecified atom stereocenters. The topological polar surface area (TPSA) is 66.9 Å². The number of amides is 1. The maximum atomic E-state index is 13.8. The van der Waals surface area contributed by atoms with E-state index in [-0.39, 0.29) is 17.2 Å². The Morgan fingerprint density at radius 3 is 2.32 bits per heavy atom. The third-order valence-corrected chi connectivity index (χ3v) is 3.32. The zero-order valence-electron chi connectivity index (χ0n) is 13.3. The van der Waals surface area contributed by atoms with Gasteiger partial charge in [-0.1, -0.05) is 24.3 Å². The molecule has 0 bridgehead atoms. The van der Waals surface area contributed by atoms with Crippen molar-refractivity contribution < 1.29 is 13.6 Å². The molecule has 1 amide bonds. The van der Waals surface area contributed by atoms with E-state index >= 15 is 0 Å². The lowest BCUT2D eigenvalue weighted by molar-refractivity contribution is 0.102. The van der Waals surface area contributed by atoms with E-state index in [1.807, 2.05) is 6.07 Å². The Balaban J connectivity index is 1.87. The fraction of sp³-hybridized carbons (Fsp3) is 0.0556. The maximum absolute atomic E-state index is 13.8. The molecule has 0 fully saturated rings. The molecule has 0 aliphatic heterocycles. The normalized spacial score (nSPS) is 10.4. The van der Waals surface area contributed by atoms with Crippen LogP contribution in [0.2, 0.25) is 0 Å². The summed E-state index contributed by atoms with van der Waals surface area (Å²) >= 11 is 0. The molecule has 1 heterocycles. The van der Waals surface area contributed by atoms with Crippen LogP contribution in [-0.4, -0.2) is 15.9 Å². The average Bonchev–Trinajstić information content (AvgIpc) is 2.59. The van der Waals surface area contributed by atoms with Gasteiger partial charge in [-0.3, -0.25) is 4.79 Å².